The predicted octanol–water partition coefficient (Wildman–Crippen LogP) is 2.33. The lowest BCUT2D eigenvalue weighted by Gasteiger charge is -2.29. The Morgan fingerprint density at radius 3 is 2.42 bits per heavy atom. The Hall–Kier alpha value is -2.74. The van der Waals surface area contributed by atoms with E-state index in [4.69, 9.17) is 4.74 Å². The van der Waals surface area contributed by atoms with E-state index >= 15 is 0 Å². The van der Waals surface area contributed by atoms with Crippen molar-refractivity contribution in [3.8, 4) is 0 Å². The molecule has 1 aromatic rings. The van der Waals surface area contributed by atoms with Crippen molar-refractivity contribution in [3.05, 3.63) is 52.1 Å². The minimum Gasteiger partial charge on any atom is -0.443 e. The molecule has 128 valence electrons. The van der Waals surface area contributed by atoms with E-state index in [2.05, 4.69) is 0 Å². The number of rotatable bonds is 3. The molecule has 24 heavy (non-hydrogen) atoms. The van der Waals surface area contributed by atoms with Crippen LogP contribution >= 0.6 is 0 Å². The molecule has 1 aliphatic heterocycles. The van der Waals surface area contributed by atoms with E-state index in [1.54, 1.807) is 20.8 Å². The zero-order chi connectivity index (χ0) is 18.1. The number of nitro groups is 1. The first-order chi connectivity index (χ1) is 11.1. The number of carbonyl (C=O) groups excluding carboxylic acids is 2. The van der Waals surface area contributed by atoms with Crippen molar-refractivity contribution in [2.24, 2.45) is 0 Å². The average molecular weight is 334 g/mol. The minimum atomic E-state index is -1.22. The van der Waals surface area contributed by atoms with Crippen molar-refractivity contribution in [2.45, 2.75) is 38.5 Å². The van der Waals surface area contributed by atoms with Crippen molar-refractivity contribution < 1.29 is 24.4 Å². The van der Waals surface area contributed by atoms with Gasteiger partial charge in [-0.1, -0.05) is 6.08 Å². The number of nitrogens with zero attached hydrogens (tertiary/aromatic N) is 2. The maximum absolute atomic E-state index is 12.2. The Morgan fingerprint density at radius 2 is 1.92 bits per heavy atom. The Labute approximate surface area is 138 Å². The van der Waals surface area contributed by atoms with Crippen LogP contribution in [0.5, 0.6) is 0 Å². The number of ether oxygens (including phenoxy) is 1. The van der Waals surface area contributed by atoms with Gasteiger partial charge in [0.2, 0.25) is 0 Å². The summed E-state index contributed by atoms with van der Waals surface area (Å²) in [4.78, 5) is 35.1. The van der Waals surface area contributed by atoms with E-state index in [1.807, 2.05) is 0 Å². The van der Waals surface area contributed by atoms with Gasteiger partial charge in [0.1, 0.15) is 11.7 Å². The number of carbonyl (C=O) groups is 2. The highest BCUT2D eigenvalue weighted by Crippen LogP contribution is 2.28. The third-order valence-electron chi connectivity index (χ3n) is 3.33. The molecule has 0 saturated carbocycles. The number of aliphatic hydroxyl groups is 1. The Balaban J connectivity index is 2.22. The van der Waals surface area contributed by atoms with Crippen LogP contribution in [-0.2, 0) is 9.53 Å². The van der Waals surface area contributed by atoms with E-state index in [0.717, 1.165) is 4.90 Å². The monoisotopic (exact) mass is 334 g/mol. The summed E-state index contributed by atoms with van der Waals surface area (Å²) in [6, 6.07) is 4.32. The Kier molecular flexibility index (Phi) is 4.70. The molecule has 0 aromatic heterocycles. The predicted molar refractivity (Wildman–Crippen MR) is 84.1 cm³/mol. The van der Waals surface area contributed by atoms with Crippen LogP contribution in [0.3, 0.4) is 0 Å². The van der Waals surface area contributed by atoms with Gasteiger partial charge in [-0.2, -0.15) is 0 Å². The van der Waals surface area contributed by atoms with Gasteiger partial charge in [-0.25, -0.2) is 9.69 Å². The molecule has 2 amide bonds. The first-order valence-electron chi connectivity index (χ1n) is 7.27. The second kappa shape index (κ2) is 6.40. The number of non-ortho nitro benzene ring substituents is 1. The smallest absolute Gasteiger partial charge is 0.417 e. The highest BCUT2D eigenvalue weighted by Gasteiger charge is 2.39. The first-order valence-corrected chi connectivity index (χ1v) is 7.27. The number of imide groups is 1. The lowest BCUT2D eigenvalue weighted by Crippen LogP contribution is -2.45. The lowest BCUT2D eigenvalue weighted by atomic mass is 10.0. The fraction of sp³-hybridized carbons (Fsp3) is 0.375. The van der Waals surface area contributed by atoms with Gasteiger partial charge in [-0.15, -0.1) is 0 Å². The molecule has 2 atom stereocenters. The second-order valence-electron chi connectivity index (χ2n) is 6.33. The number of hydrogen-bond donors (Lipinski definition) is 1. The van der Waals surface area contributed by atoms with Crippen molar-refractivity contribution in [1.82, 2.24) is 4.90 Å². The number of benzene rings is 1. The molecule has 0 saturated heterocycles. The van der Waals surface area contributed by atoms with Crippen LogP contribution in [0, 0.1) is 10.1 Å². The molecule has 2 rings (SSSR count). The maximum atomic E-state index is 12.2. The number of hydrogen-bond acceptors (Lipinski definition) is 6. The van der Waals surface area contributed by atoms with E-state index in [0.29, 0.717) is 5.56 Å². The zero-order valence-electron chi connectivity index (χ0n) is 13.5. The molecule has 8 nitrogen and oxygen atoms in total. The van der Waals surface area contributed by atoms with Gasteiger partial charge in [0.25, 0.3) is 11.6 Å². The van der Waals surface area contributed by atoms with E-state index < -0.39 is 34.7 Å². The van der Waals surface area contributed by atoms with Gasteiger partial charge in [-0.05, 0) is 38.5 Å². The van der Waals surface area contributed by atoms with Crippen molar-refractivity contribution in [3.63, 3.8) is 0 Å². The summed E-state index contributed by atoms with van der Waals surface area (Å²) >= 11 is 0. The maximum Gasteiger partial charge on any atom is 0.417 e. The molecule has 0 fully saturated rings. The summed E-state index contributed by atoms with van der Waals surface area (Å²) in [6.07, 6.45) is 0.506. The normalized spacial score (nSPS) is 18.6. The SMILES string of the molecule is CC(C)(C)OC(=O)N1C(=O)C=C[C@@H]1[C@@H](O)c1ccc([N+](=O)[O-])cc1. The molecule has 1 aromatic carbocycles. The molecule has 0 radical (unpaired) electrons. The van der Waals surface area contributed by atoms with Crippen LogP contribution in [0.2, 0.25) is 0 Å². The van der Waals surface area contributed by atoms with Crippen molar-refractivity contribution in [2.75, 3.05) is 0 Å². The summed E-state index contributed by atoms with van der Waals surface area (Å²) in [5.41, 5.74) is -0.561. The molecule has 1 N–H and O–H groups in total. The molecule has 0 unspecified atom stereocenters. The van der Waals surface area contributed by atoms with E-state index in [-0.39, 0.29) is 5.69 Å². The zero-order valence-corrected chi connectivity index (χ0v) is 13.5. The Bertz CT molecular complexity index is 690. The van der Waals surface area contributed by atoms with Crippen LogP contribution in [0.1, 0.15) is 32.4 Å². The minimum absolute atomic E-state index is 0.118. The molecular formula is C16H18N2O6. The van der Waals surface area contributed by atoms with Crippen molar-refractivity contribution in [1.29, 1.82) is 0 Å². The van der Waals surface area contributed by atoms with Crippen LogP contribution in [0.25, 0.3) is 0 Å². The number of amides is 2. The highest BCUT2D eigenvalue weighted by atomic mass is 16.6. The molecule has 0 bridgehead atoms. The summed E-state index contributed by atoms with van der Waals surface area (Å²) < 4.78 is 5.18. The molecular weight excluding hydrogens is 316 g/mol. The van der Waals surface area contributed by atoms with Crippen LogP contribution in [0.15, 0.2) is 36.4 Å². The van der Waals surface area contributed by atoms with Gasteiger partial charge in [0.05, 0.1) is 11.0 Å². The quantitative estimate of drug-likeness (QED) is 0.671. The summed E-state index contributed by atoms with van der Waals surface area (Å²) in [5.74, 6) is -0.588. The van der Waals surface area contributed by atoms with Gasteiger partial charge >= 0.3 is 6.09 Å². The van der Waals surface area contributed by atoms with Gasteiger partial charge in [-0.3, -0.25) is 14.9 Å². The third-order valence-corrected chi connectivity index (χ3v) is 3.33. The van der Waals surface area contributed by atoms with Crippen LogP contribution in [-0.4, -0.2) is 38.6 Å². The molecule has 1 heterocycles. The number of nitro benzene ring substituents is 1. The van der Waals surface area contributed by atoms with Gasteiger partial charge in [0, 0.05) is 18.2 Å². The summed E-state index contributed by atoms with van der Waals surface area (Å²) in [6.45, 7) is 5.00. The first kappa shape index (κ1) is 17.6. The molecule has 1 aliphatic rings. The van der Waals surface area contributed by atoms with Gasteiger partial charge < -0.3 is 9.84 Å². The van der Waals surface area contributed by atoms with E-state index in [9.17, 15) is 24.8 Å². The van der Waals surface area contributed by atoms with E-state index in [1.165, 1.54) is 36.4 Å². The molecule has 0 spiro atoms. The fourth-order valence-corrected chi connectivity index (χ4v) is 2.25. The van der Waals surface area contributed by atoms with Gasteiger partial charge in [0.15, 0.2) is 0 Å². The third kappa shape index (κ3) is 3.77. The van der Waals surface area contributed by atoms with Crippen LogP contribution in [0.4, 0.5) is 10.5 Å². The largest absolute Gasteiger partial charge is 0.443 e. The molecule has 0 aliphatic carbocycles. The lowest BCUT2D eigenvalue weighted by molar-refractivity contribution is -0.384. The Morgan fingerprint density at radius 1 is 1.33 bits per heavy atom. The highest BCUT2D eigenvalue weighted by molar-refractivity contribution is 6.01. The second-order valence-corrected chi connectivity index (χ2v) is 6.33. The summed E-state index contributed by atoms with van der Waals surface area (Å²) in [7, 11) is 0. The fourth-order valence-electron chi connectivity index (χ4n) is 2.25. The topological polar surface area (TPSA) is 110 Å². The number of aliphatic hydroxyl groups excluding tert-OH is 1. The average Bonchev–Trinajstić information content (AvgIpc) is 2.86. The van der Waals surface area contributed by atoms with Crippen molar-refractivity contribution >= 4 is 17.7 Å². The van der Waals surface area contributed by atoms with Crippen LogP contribution < -0.4 is 0 Å². The standard InChI is InChI=1S/C16H18N2O6/c1-16(2,3)24-15(21)17-12(8-9-13(17)19)14(20)10-4-6-11(7-5-10)18(22)23/h4-9,12,14,20H,1-3H3/t12-,14+/m1/s1. The molecule has 8 heteroatoms. The summed E-state index contributed by atoms with van der Waals surface area (Å²) in [5, 5.41) is 21.1.